The van der Waals surface area contributed by atoms with Crippen molar-refractivity contribution in [3.05, 3.63) is 95.0 Å². The highest BCUT2D eigenvalue weighted by Crippen LogP contribution is 2.27. The van der Waals surface area contributed by atoms with Crippen LogP contribution in [-0.4, -0.2) is 31.5 Å². The summed E-state index contributed by atoms with van der Waals surface area (Å²) in [6.45, 7) is 0. The molecule has 1 atom stereocenters. The van der Waals surface area contributed by atoms with Crippen molar-refractivity contribution in [3.63, 3.8) is 0 Å². The van der Waals surface area contributed by atoms with E-state index in [0.717, 1.165) is 36.6 Å². The second-order valence-corrected chi connectivity index (χ2v) is 9.42. The Morgan fingerprint density at radius 3 is 2.53 bits per heavy atom. The lowest BCUT2D eigenvalue weighted by Gasteiger charge is -2.27. The topological polar surface area (TPSA) is 92.7 Å². The van der Waals surface area contributed by atoms with E-state index in [2.05, 4.69) is 15.3 Å². The van der Waals surface area contributed by atoms with Crippen LogP contribution in [-0.2, 0) is 4.79 Å². The monoisotopic (exact) mass is 477 g/mol. The van der Waals surface area contributed by atoms with Crippen LogP contribution in [0.15, 0.2) is 83.9 Å². The Bertz CT molecular complexity index is 1570. The van der Waals surface area contributed by atoms with Gasteiger partial charge in [-0.1, -0.05) is 49.6 Å². The van der Waals surface area contributed by atoms with Gasteiger partial charge in [0, 0.05) is 29.3 Å². The number of hydrogen-bond acceptors (Lipinski definition) is 4. The van der Waals surface area contributed by atoms with Crippen molar-refractivity contribution in [1.29, 1.82) is 0 Å². The molecular formula is C29H27N5O2. The summed E-state index contributed by atoms with van der Waals surface area (Å²) < 4.78 is 1.59. The zero-order valence-corrected chi connectivity index (χ0v) is 19.9. The highest BCUT2D eigenvalue weighted by atomic mass is 16.2. The number of aromatic nitrogens is 4. The number of para-hydroxylation sites is 3. The second-order valence-electron chi connectivity index (χ2n) is 9.42. The van der Waals surface area contributed by atoms with Crippen LogP contribution in [0.3, 0.4) is 0 Å². The Morgan fingerprint density at radius 1 is 0.972 bits per heavy atom. The van der Waals surface area contributed by atoms with Crippen LogP contribution >= 0.6 is 0 Å². The summed E-state index contributed by atoms with van der Waals surface area (Å²) in [7, 11) is 0. The lowest BCUT2D eigenvalue weighted by atomic mass is 9.95. The predicted octanol–water partition coefficient (Wildman–Crippen LogP) is 4.98. The molecule has 36 heavy (non-hydrogen) atoms. The summed E-state index contributed by atoms with van der Waals surface area (Å²) in [6.07, 6.45) is 8.64. The van der Waals surface area contributed by atoms with Crippen LogP contribution in [0.4, 0.5) is 0 Å². The van der Waals surface area contributed by atoms with Crippen LogP contribution in [0.1, 0.15) is 43.7 Å². The number of H-pyrrole nitrogens is 1. The lowest BCUT2D eigenvalue weighted by Crippen LogP contribution is -2.43. The Morgan fingerprint density at radius 2 is 1.72 bits per heavy atom. The zero-order valence-electron chi connectivity index (χ0n) is 19.9. The van der Waals surface area contributed by atoms with Crippen molar-refractivity contribution >= 4 is 27.8 Å². The number of benzene rings is 2. The maximum absolute atomic E-state index is 14.2. The molecule has 2 N–H and O–H groups in total. The summed E-state index contributed by atoms with van der Waals surface area (Å²) in [5.41, 5.74) is 3.49. The molecule has 3 heterocycles. The van der Waals surface area contributed by atoms with Crippen molar-refractivity contribution in [2.45, 2.75) is 44.2 Å². The van der Waals surface area contributed by atoms with E-state index in [1.54, 1.807) is 29.1 Å². The van der Waals surface area contributed by atoms with Crippen LogP contribution in [0.25, 0.3) is 33.3 Å². The number of rotatable bonds is 5. The number of carbonyl (C=O) groups is 1. The third kappa shape index (κ3) is 4.06. The smallest absolute Gasteiger partial charge is 0.280 e. The molecule has 0 aliphatic heterocycles. The van der Waals surface area contributed by atoms with Gasteiger partial charge in [-0.3, -0.25) is 19.1 Å². The molecule has 3 aromatic heterocycles. The quantitative estimate of drug-likeness (QED) is 0.373. The van der Waals surface area contributed by atoms with Gasteiger partial charge in [-0.2, -0.15) is 0 Å². The van der Waals surface area contributed by atoms with Crippen molar-refractivity contribution < 1.29 is 4.79 Å². The van der Waals surface area contributed by atoms with Crippen LogP contribution < -0.4 is 10.9 Å². The van der Waals surface area contributed by atoms with E-state index in [-0.39, 0.29) is 23.2 Å². The SMILES string of the molecule is O=C(NC1CCCCC1)C(c1ccncc1)n1c(=O)c(-c2cc3ccccc3[nH]2)nc2ccccc21. The molecule has 2 aromatic carbocycles. The van der Waals surface area contributed by atoms with Crippen molar-refractivity contribution in [2.24, 2.45) is 0 Å². The van der Waals surface area contributed by atoms with E-state index < -0.39 is 6.04 Å². The van der Waals surface area contributed by atoms with E-state index in [4.69, 9.17) is 4.98 Å². The molecule has 1 fully saturated rings. The molecular weight excluding hydrogens is 450 g/mol. The Labute approximate surface area is 208 Å². The van der Waals surface area contributed by atoms with Gasteiger partial charge in [0.1, 0.15) is 6.04 Å². The van der Waals surface area contributed by atoms with Crippen LogP contribution in [0, 0.1) is 0 Å². The van der Waals surface area contributed by atoms with Gasteiger partial charge in [0.05, 0.1) is 16.7 Å². The average Bonchev–Trinajstić information content (AvgIpc) is 3.35. The number of carbonyl (C=O) groups excluding carboxylic acids is 1. The first kappa shape index (κ1) is 22.2. The first-order chi connectivity index (χ1) is 17.7. The summed E-state index contributed by atoms with van der Waals surface area (Å²) in [6, 6.07) is 20.2. The minimum atomic E-state index is -0.849. The van der Waals surface area contributed by atoms with Crippen LogP contribution in [0.5, 0.6) is 0 Å². The molecule has 1 amide bonds. The Balaban J connectivity index is 1.55. The predicted molar refractivity (Wildman–Crippen MR) is 141 cm³/mol. The van der Waals surface area contributed by atoms with E-state index in [1.165, 1.54) is 6.42 Å². The van der Waals surface area contributed by atoms with E-state index >= 15 is 0 Å². The van der Waals surface area contributed by atoms with Gasteiger partial charge >= 0.3 is 0 Å². The van der Waals surface area contributed by atoms with Gasteiger partial charge in [-0.05, 0) is 54.8 Å². The molecule has 1 saturated carbocycles. The Hall–Kier alpha value is -4.26. The van der Waals surface area contributed by atoms with Gasteiger partial charge in [0.15, 0.2) is 5.69 Å². The summed E-state index contributed by atoms with van der Waals surface area (Å²) in [4.78, 5) is 40.2. The third-order valence-electron chi connectivity index (χ3n) is 7.06. The van der Waals surface area contributed by atoms with Crippen molar-refractivity contribution in [3.8, 4) is 11.4 Å². The van der Waals surface area contributed by atoms with E-state index in [9.17, 15) is 9.59 Å². The van der Waals surface area contributed by atoms with E-state index in [1.807, 2.05) is 54.6 Å². The first-order valence-electron chi connectivity index (χ1n) is 12.5. The molecule has 1 aliphatic carbocycles. The molecule has 7 heteroatoms. The van der Waals surface area contributed by atoms with Gasteiger partial charge in [0.2, 0.25) is 5.91 Å². The Kier molecular flexibility index (Phi) is 5.81. The van der Waals surface area contributed by atoms with Gasteiger partial charge in [-0.25, -0.2) is 4.98 Å². The minimum Gasteiger partial charge on any atom is -0.353 e. The van der Waals surface area contributed by atoms with Gasteiger partial charge < -0.3 is 10.3 Å². The molecule has 1 unspecified atom stereocenters. The maximum Gasteiger partial charge on any atom is 0.280 e. The number of pyridine rings is 1. The highest BCUT2D eigenvalue weighted by Gasteiger charge is 2.29. The molecule has 0 bridgehead atoms. The highest BCUT2D eigenvalue weighted by molar-refractivity contribution is 5.89. The zero-order chi connectivity index (χ0) is 24.5. The number of hydrogen-bond donors (Lipinski definition) is 2. The molecule has 0 radical (unpaired) electrons. The number of nitrogens with zero attached hydrogens (tertiary/aromatic N) is 3. The fourth-order valence-corrected chi connectivity index (χ4v) is 5.28. The molecule has 0 spiro atoms. The largest absolute Gasteiger partial charge is 0.353 e. The van der Waals surface area contributed by atoms with E-state index in [0.29, 0.717) is 22.3 Å². The fourth-order valence-electron chi connectivity index (χ4n) is 5.28. The molecule has 5 aromatic rings. The van der Waals surface area contributed by atoms with Gasteiger partial charge in [0.25, 0.3) is 5.56 Å². The second kappa shape index (κ2) is 9.41. The molecule has 6 rings (SSSR count). The number of amides is 1. The van der Waals surface area contributed by atoms with Crippen LogP contribution in [0.2, 0.25) is 0 Å². The summed E-state index contributed by atoms with van der Waals surface area (Å²) >= 11 is 0. The van der Waals surface area contributed by atoms with Gasteiger partial charge in [-0.15, -0.1) is 0 Å². The molecule has 1 aliphatic rings. The molecule has 0 saturated heterocycles. The summed E-state index contributed by atoms with van der Waals surface area (Å²) in [5, 5.41) is 4.24. The number of fused-ring (bicyclic) bond motifs is 2. The third-order valence-corrected chi connectivity index (χ3v) is 7.06. The maximum atomic E-state index is 14.2. The van der Waals surface area contributed by atoms with Crippen molar-refractivity contribution in [1.82, 2.24) is 24.8 Å². The normalized spacial score (nSPS) is 15.2. The van der Waals surface area contributed by atoms with Crippen molar-refractivity contribution in [2.75, 3.05) is 0 Å². The standard InChI is InChI=1S/C29H27N5O2/c35-28(31-21-9-2-1-3-10-21)27(19-14-16-30-17-15-19)34-25-13-7-6-12-23(25)33-26(29(34)36)24-18-20-8-4-5-11-22(20)32-24/h4-8,11-18,21,27,32H,1-3,9-10H2,(H,31,35). The first-order valence-corrected chi connectivity index (χ1v) is 12.5. The summed E-state index contributed by atoms with van der Waals surface area (Å²) in [5.74, 6) is -0.186. The average molecular weight is 478 g/mol. The fraction of sp³-hybridized carbons (Fsp3) is 0.241. The number of nitrogens with one attached hydrogen (secondary N) is 2. The molecule has 180 valence electrons. The molecule has 7 nitrogen and oxygen atoms in total. The number of aromatic amines is 1. The lowest BCUT2D eigenvalue weighted by molar-refractivity contribution is -0.124. The minimum absolute atomic E-state index is 0.118.